The molecule has 1 N–H and O–H groups in total. The fourth-order valence-corrected chi connectivity index (χ4v) is 4.01. The first-order valence-corrected chi connectivity index (χ1v) is 9.49. The minimum atomic E-state index is -0.304. The highest BCUT2D eigenvalue weighted by Gasteiger charge is 2.41. The van der Waals surface area contributed by atoms with Gasteiger partial charge in [0.15, 0.2) is 0 Å². The number of nitrogens with zero attached hydrogens (tertiary/aromatic N) is 3. The quantitative estimate of drug-likeness (QED) is 0.645. The molecule has 2 aliphatic heterocycles. The van der Waals surface area contributed by atoms with Crippen LogP contribution < -0.4 is 4.74 Å². The number of ether oxygens (including phenoxy) is 1. The average molecular weight is 422 g/mol. The molecule has 27 heavy (non-hydrogen) atoms. The molecule has 2 atom stereocenters. The highest BCUT2D eigenvalue weighted by molar-refractivity contribution is 9.10. The van der Waals surface area contributed by atoms with Crippen molar-refractivity contribution in [2.75, 3.05) is 0 Å². The van der Waals surface area contributed by atoms with Gasteiger partial charge in [-0.1, -0.05) is 15.9 Å². The molecule has 134 valence electrons. The van der Waals surface area contributed by atoms with Gasteiger partial charge in [0.1, 0.15) is 11.5 Å². The van der Waals surface area contributed by atoms with Crippen LogP contribution in [0.4, 0.5) is 0 Å². The molecule has 3 aromatic rings. The van der Waals surface area contributed by atoms with E-state index in [9.17, 15) is 5.11 Å². The highest BCUT2D eigenvalue weighted by atomic mass is 79.9. The number of hydrazone groups is 1. The molecular weight excluding hydrogens is 406 g/mol. The topological polar surface area (TPSA) is 58.0 Å². The predicted molar refractivity (Wildman–Crippen MR) is 106 cm³/mol. The van der Waals surface area contributed by atoms with E-state index < -0.39 is 0 Å². The van der Waals surface area contributed by atoms with Crippen molar-refractivity contribution in [3.8, 4) is 11.5 Å². The van der Waals surface area contributed by atoms with Crippen molar-refractivity contribution in [2.24, 2.45) is 5.10 Å². The van der Waals surface area contributed by atoms with Crippen molar-refractivity contribution in [3.63, 3.8) is 0 Å². The predicted octanol–water partition coefficient (Wildman–Crippen LogP) is 4.79. The molecule has 3 heterocycles. The van der Waals surface area contributed by atoms with Crippen molar-refractivity contribution >= 4 is 21.6 Å². The monoisotopic (exact) mass is 421 g/mol. The molecule has 0 aliphatic carbocycles. The number of phenols is 1. The number of hydrogen-bond donors (Lipinski definition) is 1. The molecule has 0 radical (unpaired) electrons. The van der Waals surface area contributed by atoms with Crippen molar-refractivity contribution < 1.29 is 9.84 Å². The first-order chi connectivity index (χ1) is 13.2. The van der Waals surface area contributed by atoms with Crippen molar-refractivity contribution in [1.82, 2.24) is 9.99 Å². The van der Waals surface area contributed by atoms with E-state index in [-0.39, 0.29) is 18.0 Å². The van der Waals surface area contributed by atoms with E-state index in [0.717, 1.165) is 39.0 Å². The Balaban J connectivity index is 1.60. The summed E-state index contributed by atoms with van der Waals surface area (Å²) in [6.45, 7) is 0. The maximum Gasteiger partial charge on any atom is 0.213 e. The minimum absolute atomic E-state index is 0.0909. The lowest BCUT2D eigenvalue weighted by Gasteiger charge is -2.38. The van der Waals surface area contributed by atoms with Crippen molar-refractivity contribution in [1.29, 1.82) is 0 Å². The van der Waals surface area contributed by atoms with Crippen LogP contribution in [-0.2, 0) is 0 Å². The van der Waals surface area contributed by atoms with E-state index in [0.29, 0.717) is 0 Å². The van der Waals surface area contributed by atoms with Gasteiger partial charge in [-0.2, -0.15) is 5.10 Å². The first kappa shape index (κ1) is 16.3. The number of fused-ring (bicyclic) bond motifs is 3. The van der Waals surface area contributed by atoms with Crippen LogP contribution >= 0.6 is 15.9 Å². The molecule has 6 heteroatoms. The summed E-state index contributed by atoms with van der Waals surface area (Å²) in [7, 11) is 0. The van der Waals surface area contributed by atoms with Gasteiger partial charge < -0.3 is 9.84 Å². The third-order valence-electron chi connectivity index (χ3n) is 4.94. The summed E-state index contributed by atoms with van der Waals surface area (Å²) in [5, 5.41) is 16.5. The molecule has 5 rings (SSSR count). The zero-order valence-electron chi connectivity index (χ0n) is 14.3. The molecule has 0 saturated heterocycles. The number of phenolic OH excluding ortho intramolecular Hbond substituents is 1. The Labute approximate surface area is 165 Å². The SMILES string of the molecule is Oc1ccc(C2=NN3[C@H](C2)c2cc(Br)ccc2O[C@H]3c2ccncc2)cc1. The molecule has 0 spiro atoms. The Morgan fingerprint density at radius 2 is 1.81 bits per heavy atom. The van der Waals surface area contributed by atoms with Crippen molar-refractivity contribution in [2.45, 2.75) is 18.7 Å². The van der Waals surface area contributed by atoms with Gasteiger partial charge in [0, 0.05) is 34.4 Å². The Morgan fingerprint density at radius 3 is 2.59 bits per heavy atom. The summed E-state index contributed by atoms with van der Waals surface area (Å²) in [6.07, 6.45) is 4.01. The Morgan fingerprint density at radius 1 is 1.04 bits per heavy atom. The van der Waals surface area contributed by atoms with Gasteiger partial charge in [-0.15, -0.1) is 0 Å². The number of benzene rings is 2. The van der Waals surface area contributed by atoms with E-state index in [1.165, 1.54) is 0 Å². The van der Waals surface area contributed by atoms with Crippen LogP contribution in [0.5, 0.6) is 11.5 Å². The van der Waals surface area contributed by atoms with Crippen LogP contribution in [0, 0.1) is 0 Å². The number of aromatic nitrogens is 1. The lowest BCUT2D eigenvalue weighted by Crippen LogP contribution is -2.33. The minimum Gasteiger partial charge on any atom is -0.508 e. The van der Waals surface area contributed by atoms with Gasteiger partial charge in [0.2, 0.25) is 6.23 Å². The fourth-order valence-electron chi connectivity index (χ4n) is 3.63. The summed E-state index contributed by atoms with van der Waals surface area (Å²) in [5.41, 5.74) is 4.12. The Bertz CT molecular complexity index is 1020. The molecule has 0 fully saturated rings. The first-order valence-electron chi connectivity index (χ1n) is 8.70. The molecule has 0 amide bonds. The van der Waals surface area contributed by atoms with Gasteiger partial charge in [0.25, 0.3) is 0 Å². The lowest BCUT2D eigenvalue weighted by atomic mass is 9.96. The van der Waals surface area contributed by atoms with E-state index in [1.807, 2.05) is 41.4 Å². The molecule has 5 nitrogen and oxygen atoms in total. The molecule has 2 aliphatic rings. The number of rotatable bonds is 2. The fraction of sp³-hybridized carbons (Fsp3) is 0.143. The maximum atomic E-state index is 9.58. The second-order valence-electron chi connectivity index (χ2n) is 6.63. The lowest BCUT2D eigenvalue weighted by molar-refractivity contribution is -0.0191. The van der Waals surface area contributed by atoms with Crippen LogP contribution in [0.15, 0.2) is 76.6 Å². The summed E-state index contributed by atoms with van der Waals surface area (Å²) < 4.78 is 7.34. The largest absolute Gasteiger partial charge is 0.508 e. The van der Waals surface area contributed by atoms with E-state index in [2.05, 4.69) is 27.0 Å². The van der Waals surface area contributed by atoms with E-state index >= 15 is 0 Å². The van der Waals surface area contributed by atoms with Gasteiger partial charge in [-0.05, 0) is 60.2 Å². The third-order valence-corrected chi connectivity index (χ3v) is 5.44. The van der Waals surface area contributed by atoms with Gasteiger partial charge in [-0.25, -0.2) is 5.01 Å². The summed E-state index contributed by atoms with van der Waals surface area (Å²) in [6, 6.07) is 17.3. The Kier molecular flexibility index (Phi) is 3.86. The van der Waals surface area contributed by atoms with Crippen LogP contribution in [-0.4, -0.2) is 20.8 Å². The molecule has 0 bridgehead atoms. The van der Waals surface area contributed by atoms with E-state index in [4.69, 9.17) is 9.84 Å². The second kappa shape index (κ2) is 6.39. The number of pyridine rings is 1. The summed E-state index contributed by atoms with van der Waals surface area (Å²) in [4.78, 5) is 4.11. The van der Waals surface area contributed by atoms with E-state index in [1.54, 1.807) is 24.5 Å². The zero-order chi connectivity index (χ0) is 18.4. The summed E-state index contributed by atoms with van der Waals surface area (Å²) in [5.74, 6) is 1.13. The molecule has 1 aromatic heterocycles. The highest BCUT2D eigenvalue weighted by Crippen LogP contribution is 2.48. The van der Waals surface area contributed by atoms with Gasteiger partial charge in [-0.3, -0.25) is 4.98 Å². The molecule has 0 unspecified atom stereocenters. The normalized spacial score (nSPS) is 20.5. The molecule has 0 saturated carbocycles. The van der Waals surface area contributed by atoms with Crippen molar-refractivity contribution in [3.05, 3.63) is 88.2 Å². The number of halogens is 1. The maximum absolute atomic E-state index is 9.58. The third kappa shape index (κ3) is 2.86. The zero-order valence-corrected chi connectivity index (χ0v) is 15.9. The molecular formula is C21H16BrN3O2. The molecule has 2 aromatic carbocycles. The van der Waals surface area contributed by atoms with Gasteiger partial charge >= 0.3 is 0 Å². The van der Waals surface area contributed by atoms with Crippen LogP contribution in [0.25, 0.3) is 0 Å². The standard InChI is InChI=1S/C21H16BrN3O2/c22-15-3-6-20-17(11-15)19-12-18(13-1-4-16(26)5-2-13)24-25(19)21(27-20)14-7-9-23-10-8-14/h1-11,19,21,26H,12H2/t19-,21+/m1/s1. The Hall–Kier alpha value is -2.86. The smallest absolute Gasteiger partial charge is 0.213 e. The number of aromatic hydroxyl groups is 1. The van der Waals surface area contributed by atoms with Gasteiger partial charge in [0.05, 0.1) is 11.8 Å². The number of hydrogen-bond acceptors (Lipinski definition) is 5. The summed E-state index contributed by atoms with van der Waals surface area (Å²) >= 11 is 3.57. The van der Waals surface area contributed by atoms with Crippen LogP contribution in [0.3, 0.4) is 0 Å². The van der Waals surface area contributed by atoms with Crippen LogP contribution in [0.2, 0.25) is 0 Å². The second-order valence-corrected chi connectivity index (χ2v) is 7.54. The average Bonchev–Trinajstić information content (AvgIpc) is 3.14. The van der Waals surface area contributed by atoms with Crippen LogP contribution in [0.1, 0.15) is 35.4 Å².